The summed E-state index contributed by atoms with van der Waals surface area (Å²) < 4.78 is 18.9. The van der Waals surface area contributed by atoms with Crippen LogP contribution in [0.3, 0.4) is 0 Å². The Bertz CT molecular complexity index is 685. The number of ether oxygens (including phenoxy) is 1. The van der Waals surface area contributed by atoms with Crippen molar-refractivity contribution in [3.05, 3.63) is 63.5 Å². The van der Waals surface area contributed by atoms with Crippen LogP contribution >= 0.6 is 0 Å². The van der Waals surface area contributed by atoms with Gasteiger partial charge in [0.25, 0.3) is 5.69 Å². The Morgan fingerprint density at radius 1 is 1.29 bits per heavy atom. The number of aliphatic hydroxyl groups is 1. The van der Waals surface area contributed by atoms with Gasteiger partial charge >= 0.3 is 0 Å². The first kappa shape index (κ1) is 14.9. The summed E-state index contributed by atoms with van der Waals surface area (Å²) in [5.74, 6) is 0.0571. The minimum absolute atomic E-state index is 0.0618. The lowest BCUT2D eigenvalue weighted by atomic mass is 10.1. The van der Waals surface area contributed by atoms with Gasteiger partial charge in [-0.25, -0.2) is 4.39 Å². The smallest absolute Gasteiger partial charge is 0.276 e. The molecule has 0 aliphatic rings. The molecule has 21 heavy (non-hydrogen) atoms. The van der Waals surface area contributed by atoms with E-state index >= 15 is 0 Å². The lowest BCUT2D eigenvalue weighted by Gasteiger charge is -2.14. The molecule has 0 unspecified atom stereocenters. The minimum atomic E-state index is -0.922. The van der Waals surface area contributed by atoms with Crippen LogP contribution in [0.4, 0.5) is 10.1 Å². The van der Waals surface area contributed by atoms with E-state index in [9.17, 15) is 19.6 Å². The molecular formula is C15H14FNO4. The zero-order valence-electron chi connectivity index (χ0n) is 11.5. The van der Waals surface area contributed by atoms with Crippen LogP contribution in [0.15, 0.2) is 36.4 Å². The Hall–Kier alpha value is -2.47. The molecule has 110 valence electrons. The molecule has 0 fully saturated rings. The Morgan fingerprint density at radius 3 is 2.62 bits per heavy atom. The Kier molecular flexibility index (Phi) is 4.18. The molecule has 0 amide bonds. The van der Waals surface area contributed by atoms with Gasteiger partial charge in [0.05, 0.1) is 16.6 Å². The first-order valence-electron chi connectivity index (χ1n) is 6.29. The maximum absolute atomic E-state index is 13.2. The van der Waals surface area contributed by atoms with Crippen LogP contribution in [0.1, 0.15) is 24.2 Å². The molecule has 0 heterocycles. The standard InChI is InChI=1S/C15H14FNO4/c1-9-13(17(19)20)4-3-5-14(9)21-15-7-6-11(16)8-12(15)10(2)18/h3-8,10,18H,1-2H3/t10-/m1/s1. The van der Waals surface area contributed by atoms with Crippen LogP contribution in [0.2, 0.25) is 0 Å². The van der Waals surface area contributed by atoms with Crippen molar-refractivity contribution in [1.29, 1.82) is 0 Å². The number of benzene rings is 2. The normalized spacial score (nSPS) is 12.0. The second kappa shape index (κ2) is 5.88. The molecule has 2 aromatic carbocycles. The molecule has 0 aliphatic carbocycles. The van der Waals surface area contributed by atoms with Crippen molar-refractivity contribution < 1.29 is 19.2 Å². The highest BCUT2D eigenvalue weighted by atomic mass is 19.1. The summed E-state index contributed by atoms with van der Waals surface area (Å²) in [5, 5.41) is 20.6. The van der Waals surface area contributed by atoms with E-state index in [1.807, 2.05) is 0 Å². The third-order valence-electron chi connectivity index (χ3n) is 3.09. The molecule has 6 heteroatoms. The molecule has 5 nitrogen and oxygen atoms in total. The fourth-order valence-corrected chi connectivity index (χ4v) is 1.97. The van der Waals surface area contributed by atoms with Gasteiger partial charge in [0, 0.05) is 11.6 Å². The quantitative estimate of drug-likeness (QED) is 0.685. The largest absolute Gasteiger partial charge is 0.456 e. The number of hydrogen-bond acceptors (Lipinski definition) is 4. The monoisotopic (exact) mass is 291 g/mol. The van der Waals surface area contributed by atoms with Gasteiger partial charge in [0.15, 0.2) is 0 Å². The average Bonchev–Trinajstić information content (AvgIpc) is 2.42. The number of nitrogens with zero attached hydrogens (tertiary/aromatic N) is 1. The van der Waals surface area contributed by atoms with E-state index in [2.05, 4.69) is 0 Å². The molecule has 1 N–H and O–H groups in total. The van der Waals surface area contributed by atoms with Crippen LogP contribution in [0.5, 0.6) is 11.5 Å². The second-order valence-corrected chi connectivity index (χ2v) is 4.62. The number of nitro benzene ring substituents is 1. The maximum atomic E-state index is 13.2. The summed E-state index contributed by atoms with van der Waals surface area (Å²) in [5.41, 5.74) is 0.581. The van der Waals surface area contributed by atoms with Gasteiger partial charge in [-0.05, 0) is 38.1 Å². The van der Waals surface area contributed by atoms with E-state index in [1.54, 1.807) is 13.0 Å². The topological polar surface area (TPSA) is 72.6 Å². The Labute approximate surface area is 120 Å². The number of aliphatic hydroxyl groups excluding tert-OH is 1. The second-order valence-electron chi connectivity index (χ2n) is 4.62. The highest BCUT2D eigenvalue weighted by molar-refractivity contribution is 5.50. The molecular weight excluding hydrogens is 277 g/mol. The van der Waals surface area contributed by atoms with Crippen molar-refractivity contribution in [2.75, 3.05) is 0 Å². The van der Waals surface area contributed by atoms with Gasteiger partial charge in [-0.15, -0.1) is 0 Å². The Morgan fingerprint density at radius 2 is 2.00 bits per heavy atom. The van der Waals surface area contributed by atoms with E-state index in [4.69, 9.17) is 4.74 Å². The molecule has 0 saturated heterocycles. The van der Waals surface area contributed by atoms with Gasteiger partial charge in [-0.3, -0.25) is 10.1 Å². The van der Waals surface area contributed by atoms with Crippen LogP contribution in [0, 0.1) is 22.9 Å². The molecule has 1 atom stereocenters. The minimum Gasteiger partial charge on any atom is -0.456 e. The van der Waals surface area contributed by atoms with Crippen LogP contribution in [-0.2, 0) is 0 Å². The van der Waals surface area contributed by atoms with E-state index in [0.717, 1.165) is 0 Å². The molecule has 0 bridgehead atoms. The number of halogens is 1. The number of nitro groups is 1. The summed E-state index contributed by atoms with van der Waals surface area (Å²) in [7, 11) is 0. The first-order chi connectivity index (χ1) is 9.90. The lowest BCUT2D eigenvalue weighted by Crippen LogP contribution is -1.99. The highest BCUT2D eigenvalue weighted by Gasteiger charge is 2.17. The predicted octanol–water partition coefficient (Wildman–Crippen LogP) is 3.89. The molecule has 0 aliphatic heterocycles. The Balaban J connectivity index is 2.44. The number of hydrogen-bond donors (Lipinski definition) is 1. The number of rotatable bonds is 4. The van der Waals surface area contributed by atoms with Crippen LogP contribution in [-0.4, -0.2) is 10.0 Å². The van der Waals surface area contributed by atoms with Crippen LogP contribution in [0.25, 0.3) is 0 Å². The predicted molar refractivity (Wildman–Crippen MR) is 74.9 cm³/mol. The first-order valence-corrected chi connectivity index (χ1v) is 6.29. The fraction of sp³-hybridized carbons (Fsp3) is 0.200. The average molecular weight is 291 g/mol. The van der Waals surface area contributed by atoms with Crippen molar-refractivity contribution in [1.82, 2.24) is 0 Å². The maximum Gasteiger partial charge on any atom is 0.276 e. The van der Waals surface area contributed by atoms with Gasteiger partial charge in [0.1, 0.15) is 17.3 Å². The van der Waals surface area contributed by atoms with E-state index in [1.165, 1.54) is 37.3 Å². The highest BCUT2D eigenvalue weighted by Crippen LogP contribution is 2.34. The summed E-state index contributed by atoms with van der Waals surface area (Å²) in [6.07, 6.45) is -0.922. The van der Waals surface area contributed by atoms with Crippen molar-refractivity contribution in [2.45, 2.75) is 20.0 Å². The van der Waals surface area contributed by atoms with Crippen molar-refractivity contribution in [3.63, 3.8) is 0 Å². The third-order valence-corrected chi connectivity index (χ3v) is 3.09. The van der Waals surface area contributed by atoms with E-state index in [-0.39, 0.29) is 22.7 Å². The fourth-order valence-electron chi connectivity index (χ4n) is 1.97. The van der Waals surface area contributed by atoms with Crippen molar-refractivity contribution in [2.24, 2.45) is 0 Å². The van der Waals surface area contributed by atoms with E-state index < -0.39 is 16.8 Å². The SMILES string of the molecule is Cc1c(Oc2ccc(F)cc2[C@@H](C)O)cccc1[N+](=O)[O-]. The molecule has 2 aromatic rings. The molecule has 0 saturated carbocycles. The van der Waals surface area contributed by atoms with Crippen LogP contribution < -0.4 is 4.74 Å². The lowest BCUT2D eigenvalue weighted by molar-refractivity contribution is -0.385. The van der Waals surface area contributed by atoms with Gasteiger partial charge in [-0.2, -0.15) is 0 Å². The molecule has 2 rings (SSSR count). The molecule has 0 aromatic heterocycles. The third kappa shape index (κ3) is 3.17. The van der Waals surface area contributed by atoms with E-state index in [0.29, 0.717) is 5.56 Å². The zero-order chi connectivity index (χ0) is 15.6. The van der Waals surface area contributed by atoms with Crippen molar-refractivity contribution in [3.8, 4) is 11.5 Å². The summed E-state index contributed by atoms with van der Waals surface area (Å²) in [6, 6.07) is 8.22. The van der Waals surface area contributed by atoms with Crippen molar-refractivity contribution >= 4 is 5.69 Å². The van der Waals surface area contributed by atoms with Gasteiger partial charge in [0.2, 0.25) is 0 Å². The summed E-state index contributed by atoms with van der Waals surface area (Å²) in [6.45, 7) is 3.06. The molecule has 0 radical (unpaired) electrons. The summed E-state index contributed by atoms with van der Waals surface area (Å²) in [4.78, 5) is 10.4. The molecule has 0 spiro atoms. The summed E-state index contributed by atoms with van der Waals surface area (Å²) >= 11 is 0. The zero-order valence-corrected chi connectivity index (χ0v) is 11.5. The van der Waals surface area contributed by atoms with Gasteiger partial charge in [-0.1, -0.05) is 6.07 Å². The van der Waals surface area contributed by atoms with Gasteiger partial charge < -0.3 is 9.84 Å².